The van der Waals surface area contributed by atoms with Gasteiger partial charge >= 0.3 is 0 Å². The quantitative estimate of drug-likeness (QED) is 0.388. The third-order valence-corrected chi connectivity index (χ3v) is 7.50. The fourth-order valence-electron chi connectivity index (χ4n) is 5.30. The zero-order valence-electron chi connectivity index (χ0n) is 23.3. The Bertz CT molecular complexity index is 1400. The molecule has 38 heavy (non-hydrogen) atoms. The van der Waals surface area contributed by atoms with Crippen LogP contribution in [0.15, 0.2) is 54.9 Å². The molecule has 5 rings (SSSR count). The second-order valence-electron chi connectivity index (χ2n) is 11.3. The number of benzene rings is 2. The second kappa shape index (κ2) is 10.3. The summed E-state index contributed by atoms with van der Waals surface area (Å²) in [4.78, 5) is 19.0. The molecule has 8 nitrogen and oxygen atoms in total. The van der Waals surface area contributed by atoms with E-state index in [-0.39, 0.29) is 11.6 Å². The smallest absolute Gasteiger partial charge is 0.170 e. The van der Waals surface area contributed by atoms with E-state index in [0.717, 1.165) is 43.3 Å². The minimum Gasteiger partial charge on any atom is -0.390 e. The van der Waals surface area contributed by atoms with Crippen molar-refractivity contribution in [2.75, 3.05) is 36.4 Å². The van der Waals surface area contributed by atoms with Crippen LogP contribution in [-0.4, -0.2) is 68.0 Å². The van der Waals surface area contributed by atoms with E-state index in [0.29, 0.717) is 11.3 Å². The molecule has 1 fully saturated rings. The number of aromatic nitrogens is 4. The van der Waals surface area contributed by atoms with Crippen LogP contribution in [0.25, 0.3) is 16.9 Å². The molecule has 1 aliphatic rings. The van der Waals surface area contributed by atoms with Crippen LogP contribution in [0.1, 0.15) is 44.6 Å². The average Bonchev–Trinajstić information content (AvgIpc) is 3.31. The topological polar surface area (TPSA) is 82.3 Å². The molecule has 3 heterocycles. The maximum atomic E-state index is 10.8. The van der Waals surface area contributed by atoms with E-state index in [1.807, 2.05) is 25.1 Å². The summed E-state index contributed by atoms with van der Waals surface area (Å²) >= 11 is 0. The number of hydrogen-bond acceptors (Lipinski definition) is 7. The van der Waals surface area contributed by atoms with Gasteiger partial charge in [-0.3, -0.25) is 9.47 Å². The molecular weight excluding hydrogens is 474 g/mol. The van der Waals surface area contributed by atoms with Crippen molar-refractivity contribution in [1.29, 1.82) is 0 Å². The Morgan fingerprint density at radius 3 is 2.29 bits per heavy atom. The highest BCUT2D eigenvalue weighted by atomic mass is 16.3. The number of piperazine rings is 1. The van der Waals surface area contributed by atoms with Gasteiger partial charge in [-0.05, 0) is 50.1 Å². The van der Waals surface area contributed by atoms with Crippen molar-refractivity contribution in [2.45, 2.75) is 59.2 Å². The monoisotopic (exact) mass is 513 g/mol. The number of para-hydroxylation sites is 1. The Kier molecular flexibility index (Phi) is 7.11. The molecule has 2 aromatic heterocycles. The molecule has 2 aromatic carbocycles. The minimum atomic E-state index is -0.606. The summed E-state index contributed by atoms with van der Waals surface area (Å²) in [5.74, 6) is 1.55. The predicted molar refractivity (Wildman–Crippen MR) is 154 cm³/mol. The average molecular weight is 514 g/mol. The maximum Gasteiger partial charge on any atom is 0.170 e. The fourth-order valence-corrected chi connectivity index (χ4v) is 5.30. The lowest BCUT2D eigenvalue weighted by molar-refractivity contribution is 0.0720. The first-order chi connectivity index (χ1) is 18.1. The first kappa shape index (κ1) is 26.1. The molecule has 2 N–H and O–H groups in total. The van der Waals surface area contributed by atoms with E-state index in [2.05, 4.69) is 94.6 Å². The highest BCUT2D eigenvalue weighted by Gasteiger charge is 2.30. The number of aliphatic hydroxyl groups is 1. The van der Waals surface area contributed by atoms with Crippen molar-refractivity contribution in [2.24, 2.45) is 0 Å². The molecule has 0 aliphatic carbocycles. The van der Waals surface area contributed by atoms with Crippen LogP contribution >= 0.6 is 0 Å². The van der Waals surface area contributed by atoms with Gasteiger partial charge in [-0.2, -0.15) is 0 Å². The molecule has 1 aliphatic heterocycles. The number of rotatable bonds is 6. The molecule has 0 radical (unpaired) electrons. The molecule has 2 atom stereocenters. The van der Waals surface area contributed by atoms with E-state index in [1.54, 1.807) is 6.33 Å². The van der Waals surface area contributed by atoms with E-state index in [9.17, 15) is 5.11 Å². The Hall–Kier alpha value is -3.49. The van der Waals surface area contributed by atoms with Crippen molar-refractivity contribution in [3.8, 4) is 5.69 Å². The lowest BCUT2D eigenvalue weighted by Crippen LogP contribution is -2.56. The molecule has 0 spiro atoms. The van der Waals surface area contributed by atoms with Gasteiger partial charge in [-0.25, -0.2) is 15.0 Å². The summed E-state index contributed by atoms with van der Waals surface area (Å²) in [5, 5.41) is 14.4. The number of aliphatic hydroxyl groups excluding tert-OH is 1. The van der Waals surface area contributed by atoms with Crippen molar-refractivity contribution < 1.29 is 5.11 Å². The highest BCUT2D eigenvalue weighted by Crippen LogP contribution is 2.31. The van der Waals surface area contributed by atoms with Crippen LogP contribution in [0.5, 0.6) is 0 Å². The summed E-state index contributed by atoms with van der Waals surface area (Å²) in [7, 11) is 0. The Morgan fingerprint density at radius 1 is 0.921 bits per heavy atom. The summed E-state index contributed by atoms with van der Waals surface area (Å²) in [5.41, 5.74) is 6.21. The van der Waals surface area contributed by atoms with E-state index in [1.165, 1.54) is 16.8 Å². The van der Waals surface area contributed by atoms with E-state index in [4.69, 9.17) is 4.98 Å². The van der Waals surface area contributed by atoms with Crippen LogP contribution in [-0.2, 0) is 5.41 Å². The Morgan fingerprint density at radius 2 is 1.63 bits per heavy atom. The van der Waals surface area contributed by atoms with Crippen LogP contribution < -0.4 is 10.2 Å². The van der Waals surface area contributed by atoms with Gasteiger partial charge in [-0.1, -0.05) is 51.1 Å². The van der Waals surface area contributed by atoms with Crippen LogP contribution in [0.4, 0.5) is 11.5 Å². The van der Waals surface area contributed by atoms with Gasteiger partial charge in [0.15, 0.2) is 17.0 Å². The van der Waals surface area contributed by atoms with Gasteiger partial charge in [0.25, 0.3) is 0 Å². The van der Waals surface area contributed by atoms with Gasteiger partial charge in [0.1, 0.15) is 18.3 Å². The molecule has 0 bridgehead atoms. The number of nitrogens with zero attached hydrogens (tertiary/aromatic N) is 6. The lowest BCUT2D eigenvalue weighted by atomic mass is 9.95. The summed E-state index contributed by atoms with van der Waals surface area (Å²) in [6.07, 6.45) is 0.676. The second-order valence-corrected chi connectivity index (χ2v) is 11.3. The summed E-state index contributed by atoms with van der Waals surface area (Å²) in [6, 6.07) is 16.7. The van der Waals surface area contributed by atoms with Crippen molar-refractivity contribution in [3.63, 3.8) is 0 Å². The molecule has 4 aromatic rings. The highest BCUT2D eigenvalue weighted by molar-refractivity contribution is 5.85. The van der Waals surface area contributed by atoms with Gasteiger partial charge in [0.2, 0.25) is 0 Å². The van der Waals surface area contributed by atoms with E-state index < -0.39 is 6.10 Å². The molecule has 0 amide bonds. The maximum absolute atomic E-state index is 10.8. The number of anilines is 2. The van der Waals surface area contributed by atoms with Crippen molar-refractivity contribution in [3.05, 3.63) is 71.8 Å². The third kappa shape index (κ3) is 4.98. The van der Waals surface area contributed by atoms with Gasteiger partial charge < -0.3 is 15.3 Å². The van der Waals surface area contributed by atoms with Crippen LogP contribution in [0.3, 0.4) is 0 Å². The van der Waals surface area contributed by atoms with Crippen molar-refractivity contribution in [1.82, 2.24) is 24.4 Å². The van der Waals surface area contributed by atoms with Crippen LogP contribution in [0, 0.1) is 13.8 Å². The predicted octanol–water partition coefficient (Wildman–Crippen LogP) is 4.67. The summed E-state index contributed by atoms with van der Waals surface area (Å²) in [6.45, 7) is 16.1. The Labute approximate surface area is 225 Å². The molecule has 1 saturated heterocycles. The zero-order chi connectivity index (χ0) is 27.0. The van der Waals surface area contributed by atoms with Crippen LogP contribution in [0.2, 0.25) is 0 Å². The number of nitrogens with one attached hydrogen (secondary N) is 1. The number of aryl methyl sites for hydroxylation is 1. The molecular formula is C30H39N7O. The summed E-state index contributed by atoms with van der Waals surface area (Å²) < 4.78 is 2.11. The molecule has 200 valence electrons. The normalized spacial score (nSPS) is 16.6. The first-order valence-corrected chi connectivity index (χ1v) is 13.4. The first-order valence-electron chi connectivity index (χ1n) is 13.4. The van der Waals surface area contributed by atoms with Gasteiger partial charge in [-0.15, -0.1) is 0 Å². The van der Waals surface area contributed by atoms with Gasteiger partial charge in [0, 0.05) is 43.0 Å². The SMILES string of the molecule is Cc1cccc(N2CCN(C(Nc3ncnc4c3nc(C(C)(C)C)n4-c3ccccc3)C(C)O)CC2)c1C. The van der Waals surface area contributed by atoms with E-state index >= 15 is 0 Å². The largest absolute Gasteiger partial charge is 0.390 e. The third-order valence-electron chi connectivity index (χ3n) is 7.50. The van der Waals surface area contributed by atoms with Gasteiger partial charge in [0.05, 0.1) is 6.10 Å². The lowest BCUT2D eigenvalue weighted by Gasteiger charge is -2.42. The molecule has 2 unspecified atom stereocenters. The minimum absolute atomic E-state index is 0.207. The Balaban J connectivity index is 1.44. The standard InChI is InChI=1S/C30H39N7O/c1-20-11-10-14-24(21(20)2)35-15-17-36(18-16-35)27(22(3)38)34-26-25-28(32-19-31-26)37(23-12-8-7-9-13-23)29(33-25)30(4,5)6/h7-14,19,22,27,38H,15-18H2,1-6H3,(H,31,32,34). The zero-order valence-corrected chi connectivity index (χ0v) is 23.3. The fraction of sp³-hybridized carbons (Fsp3) is 0.433. The molecule has 8 heteroatoms. The van der Waals surface area contributed by atoms with Crippen molar-refractivity contribution >= 4 is 22.7 Å². The number of imidazole rings is 1. The number of fused-ring (bicyclic) bond motifs is 1. The molecule has 0 saturated carbocycles. The number of hydrogen-bond donors (Lipinski definition) is 2.